The second kappa shape index (κ2) is 5.02. The van der Waals surface area contributed by atoms with Gasteiger partial charge in [-0.1, -0.05) is 30.3 Å². The monoisotopic (exact) mass is 237 g/mol. The Hall–Kier alpha value is -2.80. The fourth-order valence-corrected chi connectivity index (χ4v) is 1.73. The molecular weight excluding hydrogens is 226 g/mol. The summed E-state index contributed by atoms with van der Waals surface area (Å²) in [5, 5.41) is 9.07. The molecule has 0 unspecified atom stereocenters. The van der Waals surface area contributed by atoms with Gasteiger partial charge in [0.2, 0.25) is 0 Å². The van der Waals surface area contributed by atoms with E-state index in [1.165, 1.54) is 4.90 Å². The first-order valence-electron chi connectivity index (χ1n) is 5.38. The quantitative estimate of drug-likeness (QED) is 0.872. The number of anilines is 2. The van der Waals surface area contributed by atoms with E-state index in [0.717, 1.165) is 0 Å². The van der Waals surface area contributed by atoms with Gasteiger partial charge in [0, 0.05) is 0 Å². The van der Waals surface area contributed by atoms with Crippen LogP contribution in [-0.4, -0.2) is 6.03 Å². The summed E-state index contributed by atoms with van der Waals surface area (Å²) in [4.78, 5) is 12.9. The van der Waals surface area contributed by atoms with Gasteiger partial charge in [-0.3, -0.25) is 4.90 Å². The lowest BCUT2D eigenvalue weighted by Gasteiger charge is -2.21. The van der Waals surface area contributed by atoms with Gasteiger partial charge in [0.25, 0.3) is 0 Å². The molecule has 0 radical (unpaired) electrons. The Bertz CT molecular complexity index is 602. The number of nitrogens with zero attached hydrogens (tertiary/aromatic N) is 2. The van der Waals surface area contributed by atoms with Crippen LogP contribution in [0.1, 0.15) is 5.56 Å². The van der Waals surface area contributed by atoms with Crippen molar-refractivity contribution in [2.75, 3.05) is 4.90 Å². The van der Waals surface area contributed by atoms with Crippen LogP contribution in [0, 0.1) is 11.3 Å². The van der Waals surface area contributed by atoms with Crippen molar-refractivity contribution in [1.29, 1.82) is 5.26 Å². The number of primary amides is 1. The third-order valence-corrected chi connectivity index (χ3v) is 2.50. The van der Waals surface area contributed by atoms with Crippen LogP contribution in [0.3, 0.4) is 0 Å². The predicted molar refractivity (Wildman–Crippen MR) is 69.3 cm³/mol. The molecular formula is C14H11N3O. The van der Waals surface area contributed by atoms with Crippen molar-refractivity contribution in [3.63, 3.8) is 0 Å². The molecule has 0 aliphatic rings. The molecule has 2 N–H and O–H groups in total. The third kappa shape index (κ3) is 2.15. The first-order valence-corrected chi connectivity index (χ1v) is 5.38. The molecule has 0 aliphatic heterocycles. The summed E-state index contributed by atoms with van der Waals surface area (Å²) in [6, 6.07) is 17.3. The summed E-state index contributed by atoms with van der Waals surface area (Å²) in [6.45, 7) is 0. The summed E-state index contributed by atoms with van der Waals surface area (Å²) in [5.74, 6) is 0. The minimum Gasteiger partial charge on any atom is -0.351 e. The van der Waals surface area contributed by atoms with Gasteiger partial charge in [-0.15, -0.1) is 0 Å². The molecule has 2 aromatic rings. The zero-order valence-electron chi connectivity index (χ0n) is 9.58. The highest BCUT2D eigenvalue weighted by Crippen LogP contribution is 2.27. The van der Waals surface area contributed by atoms with Crippen LogP contribution < -0.4 is 10.6 Å². The molecule has 18 heavy (non-hydrogen) atoms. The highest BCUT2D eigenvalue weighted by molar-refractivity contribution is 5.99. The number of rotatable bonds is 2. The van der Waals surface area contributed by atoms with E-state index in [0.29, 0.717) is 16.9 Å². The van der Waals surface area contributed by atoms with Crippen molar-refractivity contribution in [3.05, 3.63) is 60.2 Å². The molecule has 0 aliphatic carbocycles. The van der Waals surface area contributed by atoms with Gasteiger partial charge >= 0.3 is 6.03 Å². The first kappa shape index (κ1) is 11.7. The van der Waals surface area contributed by atoms with Gasteiger partial charge in [0.15, 0.2) is 0 Å². The number of urea groups is 1. The number of hydrogen-bond acceptors (Lipinski definition) is 2. The summed E-state index contributed by atoms with van der Waals surface area (Å²) in [7, 11) is 0. The molecule has 0 saturated heterocycles. The lowest BCUT2D eigenvalue weighted by Crippen LogP contribution is -2.31. The number of carbonyl (C=O) groups excluding carboxylic acids is 1. The molecule has 0 heterocycles. The number of nitriles is 1. The summed E-state index contributed by atoms with van der Waals surface area (Å²) < 4.78 is 0. The zero-order chi connectivity index (χ0) is 13.0. The third-order valence-electron chi connectivity index (χ3n) is 2.50. The number of carbonyl (C=O) groups is 1. The van der Waals surface area contributed by atoms with Gasteiger partial charge < -0.3 is 5.73 Å². The molecule has 4 nitrogen and oxygen atoms in total. The highest BCUT2D eigenvalue weighted by Gasteiger charge is 2.17. The highest BCUT2D eigenvalue weighted by atomic mass is 16.2. The van der Waals surface area contributed by atoms with Crippen LogP contribution in [-0.2, 0) is 0 Å². The molecule has 2 amide bonds. The van der Waals surface area contributed by atoms with Gasteiger partial charge in [0.05, 0.1) is 16.9 Å². The summed E-state index contributed by atoms with van der Waals surface area (Å²) in [6.07, 6.45) is 0. The standard InChI is InChI=1S/C14H11N3O/c15-10-11-6-4-5-9-13(11)17(14(16)18)12-7-2-1-3-8-12/h1-9H,(H2,16,18). The molecule has 88 valence electrons. The van der Waals surface area contributed by atoms with Gasteiger partial charge in [-0.05, 0) is 24.3 Å². The van der Waals surface area contributed by atoms with Crippen LogP contribution in [0.5, 0.6) is 0 Å². The van der Waals surface area contributed by atoms with Crippen molar-refractivity contribution in [2.24, 2.45) is 5.73 Å². The van der Waals surface area contributed by atoms with E-state index in [9.17, 15) is 4.79 Å². The molecule has 4 heteroatoms. The predicted octanol–water partition coefficient (Wildman–Crippen LogP) is 2.78. The normalized spacial score (nSPS) is 9.50. The Morgan fingerprint density at radius 3 is 2.28 bits per heavy atom. The maximum absolute atomic E-state index is 11.6. The van der Waals surface area contributed by atoms with Crippen LogP contribution in [0.15, 0.2) is 54.6 Å². The average Bonchev–Trinajstić information content (AvgIpc) is 2.40. The van der Waals surface area contributed by atoms with Crippen molar-refractivity contribution in [3.8, 4) is 6.07 Å². The van der Waals surface area contributed by atoms with Crippen LogP contribution in [0.2, 0.25) is 0 Å². The molecule has 0 atom stereocenters. The maximum atomic E-state index is 11.6. The fraction of sp³-hybridized carbons (Fsp3) is 0. The molecule has 2 rings (SSSR count). The Labute approximate surface area is 105 Å². The van der Waals surface area contributed by atoms with E-state index in [2.05, 4.69) is 6.07 Å². The Balaban J connectivity index is 2.57. The largest absolute Gasteiger partial charge is 0.351 e. The minimum atomic E-state index is -0.621. The molecule has 0 aromatic heterocycles. The number of benzene rings is 2. The van der Waals surface area contributed by atoms with Crippen molar-refractivity contribution in [2.45, 2.75) is 0 Å². The first-order chi connectivity index (χ1) is 8.74. The fourth-order valence-electron chi connectivity index (χ4n) is 1.73. The number of para-hydroxylation sites is 2. The SMILES string of the molecule is N#Cc1ccccc1N(C(N)=O)c1ccccc1. The molecule has 2 aromatic carbocycles. The van der Waals surface area contributed by atoms with Crippen LogP contribution >= 0.6 is 0 Å². The average molecular weight is 237 g/mol. The number of hydrogen-bond donors (Lipinski definition) is 1. The Morgan fingerprint density at radius 1 is 1.06 bits per heavy atom. The Kier molecular flexibility index (Phi) is 3.26. The lowest BCUT2D eigenvalue weighted by molar-refractivity contribution is 0.256. The lowest BCUT2D eigenvalue weighted by atomic mass is 10.1. The van der Waals surface area contributed by atoms with Crippen LogP contribution in [0.4, 0.5) is 16.2 Å². The van der Waals surface area contributed by atoms with Crippen molar-refractivity contribution in [1.82, 2.24) is 0 Å². The van der Waals surface area contributed by atoms with Crippen molar-refractivity contribution < 1.29 is 4.79 Å². The molecule has 0 fully saturated rings. The van der Waals surface area contributed by atoms with Gasteiger partial charge in [0.1, 0.15) is 6.07 Å². The van der Waals surface area contributed by atoms with Crippen molar-refractivity contribution >= 4 is 17.4 Å². The minimum absolute atomic E-state index is 0.403. The number of amides is 2. The second-order valence-electron chi connectivity index (χ2n) is 3.64. The van der Waals surface area contributed by atoms with Gasteiger partial charge in [-0.2, -0.15) is 5.26 Å². The Morgan fingerprint density at radius 2 is 1.67 bits per heavy atom. The summed E-state index contributed by atoms with van der Waals surface area (Å²) in [5.41, 5.74) is 6.92. The van der Waals surface area contributed by atoms with E-state index < -0.39 is 6.03 Å². The maximum Gasteiger partial charge on any atom is 0.323 e. The zero-order valence-corrected chi connectivity index (χ0v) is 9.58. The van der Waals surface area contributed by atoms with E-state index in [4.69, 9.17) is 11.0 Å². The molecule has 0 saturated carbocycles. The van der Waals surface area contributed by atoms with E-state index in [1.807, 2.05) is 6.07 Å². The number of nitrogens with two attached hydrogens (primary N) is 1. The topological polar surface area (TPSA) is 70.1 Å². The second-order valence-corrected chi connectivity index (χ2v) is 3.64. The van der Waals surface area contributed by atoms with Crippen LogP contribution in [0.25, 0.3) is 0 Å². The molecule has 0 spiro atoms. The van der Waals surface area contributed by atoms with E-state index in [-0.39, 0.29) is 0 Å². The summed E-state index contributed by atoms with van der Waals surface area (Å²) >= 11 is 0. The van der Waals surface area contributed by atoms with E-state index in [1.54, 1.807) is 48.5 Å². The van der Waals surface area contributed by atoms with Gasteiger partial charge in [-0.25, -0.2) is 4.79 Å². The molecule has 0 bridgehead atoms. The smallest absolute Gasteiger partial charge is 0.323 e. The van der Waals surface area contributed by atoms with E-state index >= 15 is 0 Å².